The number of aryl methyl sites for hydroxylation is 1. The summed E-state index contributed by atoms with van der Waals surface area (Å²) >= 11 is 0. The average molecular weight is 314 g/mol. The van der Waals surface area contributed by atoms with Gasteiger partial charge in [0.1, 0.15) is 11.4 Å². The Labute approximate surface area is 136 Å². The van der Waals surface area contributed by atoms with Gasteiger partial charge in [-0.2, -0.15) is 0 Å². The number of benzene rings is 1. The van der Waals surface area contributed by atoms with Crippen LogP contribution in [-0.4, -0.2) is 29.0 Å². The lowest BCUT2D eigenvalue weighted by Crippen LogP contribution is -2.16. The van der Waals surface area contributed by atoms with Gasteiger partial charge in [0, 0.05) is 17.9 Å². The fourth-order valence-corrected chi connectivity index (χ4v) is 2.00. The van der Waals surface area contributed by atoms with Crippen LogP contribution in [0.4, 0.5) is 11.6 Å². The first-order valence-electron chi connectivity index (χ1n) is 7.76. The number of hydrogen-bond acceptors (Lipinski definition) is 5. The normalized spacial score (nSPS) is 10.2. The highest BCUT2D eigenvalue weighted by molar-refractivity contribution is 6.03. The lowest BCUT2D eigenvalue weighted by Gasteiger charge is -2.09. The zero-order valence-electron chi connectivity index (χ0n) is 13.7. The summed E-state index contributed by atoms with van der Waals surface area (Å²) in [6.45, 7) is 7.20. The molecule has 2 aromatic rings. The molecule has 0 fully saturated rings. The van der Waals surface area contributed by atoms with Crippen molar-refractivity contribution in [2.24, 2.45) is 0 Å². The SMILES string of the molecule is CCCNc1nc(C)cc(C(=O)Nc2ccc(OCC)cc2)n1. The molecule has 1 heterocycles. The van der Waals surface area contributed by atoms with Gasteiger partial charge in [0.05, 0.1) is 6.61 Å². The zero-order chi connectivity index (χ0) is 16.7. The lowest BCUT2D eigenvalue weighted by atomic mass is 10.2. The number of amides is 1. The summed E-state index contributed by atoms with van der Waals surface area (Å²) < 4.78 is 5.38. The van der Waals surface area contributed by atoms with E-state index in [4.69, 9.17) is 4.74 Å². The van der Waals surface area contributed by atoms with E-state index in [0.29, 0.717) is 23.9 Å². The van der Waals surface area contributed by atoms with E-state index in [1.165, 1.54) is 0 Å². The van der Waals surface area contributed by atoms with Gasteiger partial charge in [-0.15, -0.1) is 0 Å². The molecule has 6 heteroatoms. The Kier molecular flexibility index (Phi) is 5.91. The average Bonchev–Trinajstić information content (AvgIpc) is 2.54. The maximum Gasteiger partial charge on any atom is 0.274 e. The van der Waals surface area contributed by atoms with Gasteiger partial charge in [-0.25, -0.2) is 9.97 Å². The number of carbonyl (C=O) groups excluding carboxylic acids is 1. The first-order valence-corrected chi connectivity index (χ1v) is 7.76. The summed E-state index contributed by atoms with van der Waals surface area (Å²) in [6.07, 6.45) is 0.963. The highest BCUT2D eigenvalue weighted by Gasteiger charge is 2.11. The summed E-state index contributed by atoms with van der Waals surface area (Å²) in [4.78, 5) is 20.9. The Morgan fingerprint density at radius 2 is 1.91 bits per heavy atom. The Balaban J connectivity index is 2.08. The van der Waals surface area contributed by atoms with Crippen LogP contribution in [0.25, 0.3) is 0 Å². The summed E-state index contributed by atoms with van der Waals surface area (Å²) in [5.74, 6) is 0.984. The molecular weight excluding hydrogens is 292 g/mol. The topological polar surface area (TPSA) is 76.1 Å². The summed E-state index contributed by atoms with van der Waals surface area (Å²) in [5.41, 5.74) is 1.78. The van der Waals surface area contributed by atoms with Crippen LogP contribution in [0, 0.1) is 6.92 Å². The first-order chi connectivity index (χ1) is 11.1. The molecule has 1 amide bonds. The monoisotopic (exact) mass is 314 g/mol. The molecule has 1 aromatic carbocycles. The summed E-state index contributed by atoms with van der Waals surface area (Å²) in [7, 11) is 0. The van der Waals surface area contributed by atoms with Crippen LogP contribution in [0.1, 0.15) is 36.5 Å². The van der Waals surface area contributed by atoms with Crippen molar-refractivity contribution >= 4 is 17.5 Å². The van der Waals surface area contributed by atoms with Gasteiger partial charge in [0.15, 0.2) is 0 Å². The number of nitrogens with one attached hydrogen (secondary N) is 2. The van der Waals surface area contributed by atoms with E-state index in [9.17, 15) is 4.79 Å². The van der Waals surface area contributed by atoms with Crippen molar-refractivity contribution in [1.82, 2.24) is 9.97 Å². The molecule has 0 unspecified atom stereocenters. The van der Waals surface area contributed by atoms with Crippen molar-refractivity contribution < 1.29 is 9.53 Å². The van der Waals surface area contributed by atoms with Crippen molar-refractivity contribution in [1.29, 1.82) is 0 Å². The zero-order valence-corrected chi connectivity index (χ0v) is 13.7. The smallest absolute Gasteiger partial charge is 0.274 e. The van der Waals surface area contributed by atoms with Gasteiger partial charge in [-0.3, -0.25) is 4.79 Å². The third kappa shape index (κ3) is 4.95. The molecule has 6 nitrogen and oxygen atoms in total. The Morgan fingerprint density at radius 3 is 2.57 bits per heavy atom. The summed E-state index contributed by atoms with van der Waals surface area (Å²) in [5, 5.41) is 5.92. The van der Waals surface area contributed by atoms with Crippen LogP contribution in [0.5, 0.6) is 5.75 Å². The van der Waals surface area contributed by atoms with Crippen LogP contribution in [0.3, 0.4) is 0 Å². The summed E-state index contributed by atoms with van der Waals surface area (Å²) in [6, 6.07) is 8.90. The third-order valence-electron chi connectivity index (χ3n) is 3.04. The molecule has 0 spiro atoms. The van der Waals surface area contributed by atoms with Crippen LogP contribution < -0.4 is 15.4 Å². The fraction of sp³-hybridized carbons (Fsp3) is 0.353. The van der Waals surface area contributed by atoms with Crippen molar-refractivity contribution in [3.63, 3.8) is 0 Å². The highest BCUT2D eigenvalue weighted by Crippen LogP contribution is 2.16. The minimum atomic E-state index is -0.265. The maximum absolute atomic E-state index is 12.3. The maximum atomic E-state index is 12.3. The molecule has 2 rings (SSSR count). The largest absolute Gasteiger partial charge is 0.494 e. The Bertz CT molecular complexity index is 656. The van der Waals surface area contributed by atoms with E-state index >= 15 is 0 Å². The van der Waals surface area contributed by atoms with E-state index < -0.39 is 0 Å². The number of hydrogen-bond donors (Lipinski definition) is 2. The van der Waals surface area contributed by atoms with Crippen molar-refractivity contribution in [2.75, 3.05) is 23.8 Å². The molecule has 0 radical (unpaired) electrons. The molecule has 122 valence electrons. The standard InChI is InChI=1S/C17H22N4O2/c1-4-10-18-17-19-12(3)11-15(21-17)16(22)20-13-6-8-14(9-7-13)23-5-2/h6-9,11H,4-5,10H2,1-3H3,(H,20,22)(H,18,19,21). The number of aromatic nitrogens is 2. The van der Waals surface area contributed by atoms with Gasteiger partial charge < -0.3 is 15.4 Å². The second-order valence-electron chi connectivity index (χ2n) is 5.06. The van der Waals surface area contributed by atoms with Crippen LogP contribution in [0.15, 0.2) is 30.3 Å². The highest BCUT2D eigenvalue weighted by atomic mass is 16.5. The van der Waals surface area contributed by atoms with Crippen LogP contribution in [-0.2, 0) is 0 Å². The predicted molar refractivity (Wildman–Crippen MR) is 91.1 cm³/mol. The van der Waals surface area contributed by atoms with Gasteiger partial charge in [0.25, 0.3) is 5.91 Å². The molecule has 23 heavy (non-hydrogen) atoms. The number of anilines is 2. The van der Waals surface area contributed by atoms with E-state index in [-0.39, 0.29) is 5.91 Å². The number of ether oxygens (including phenoxy) is 1. The molecule has 0 aliphatic rings. The molecule has 0 bridgehead atoms. The molecule has 0 saturated carbocycles. The Morgan fingerprint density at radius 1 is 1.17 bits per heavy atom. The Hall–Kier alpha value is -2.63. The van der Waals surface area contributed by atoms with Crippen LogP contribution in [0.2, 0.25) is 0 Å². The third-order valence-corrected chi connectivity index (χ3v) is 3.04. The molecule has 1 aromatic heterocycles. The minimum absolute atomic E-state index is 0.265. The van der Waals surface area contributed by atoms with E-state index in [1.54, 1.807) is 18.2 Å². The van der Waals surface area contributed by atoms with E-state index in [0.717, 1.165) is 24.4 Å². The minimum Gasteiger partial charge on any atom is -0.494 e. The molecular formula is C17H22N4O2. The van der Waals surface area contributed by atoms with E-state index in [2.05, 4.69) is 27.5 Å². The molecule has 0 aliphatic heterocycles. The second-order valence-corrected chi connectivity index (χ2v) is 5.06. The predicted octanol–water partition coefficient (Wildman–Crippen LogP) is 3.26. The lowest BCUT2D eigenvalue weighted by molar-refractivity contribution is 0.102. The van der Waals surface area contributed by atoms with E-state index in [1.807, 2.05) is 26.0 Å². The first kappa shape index (κ1) is 16.7. The molecule has 2 N–H and O–H groups in total. The molecule has 0 atom stereocenters. The fourth-order valence-electron chi connectivity index (χ4n) is 2.00. The van der Waals surface area contributed by atoms with Crippen molar-refractivity contribution in [3.8, 4) is 5.75 Å². The van der Waals surface area contributed by atoms with Crippen LogP contribution >= 0.6 is 0 Å². The van der Waals surface area contributed by atoms with Crippen molar-refractivity contribution in [2.45, 2.75) is 27.2 Å². The quantitative estimate of drug-likeness (QED) is 0.820. The van der Waals surface area contributed by atoms with Gasteiger partial charge in [-0.1, -0.05) is 6.92 Å². The second kappa shape index (κ2) is 8.12. The number of nitrogens with zero attached hydrogens (tertiary/aromatic N) is 2. The number of carbonyl (C=O) groups is 1. The van der Waals surface area contributed by atoms with Gasteiger partial charge in [0.2, 0.25) is 5.95 Å². The molecule has 0 saturated heterocycles. The molecule has 0 aliphatic carbocycles. The van der Waals surface area contributed by atoms with Crippen molar-refractivity contribution in [3.05, 3.63) is 41.7 Å². The number of rotatable bonds is 7. The van der Waals surface area contributed by atoms with Gasteiger partial charge in [-0.05, 0) is 50.6 Å². The van der Waals surface area contributed by atoms with Gasteiger partial charge >= 0.3 is 0 Å².